The third kappa shape index (κ3) is 5.26. The Morgan fingerprint density at radius 1 is 1.29 bits per heavy atom. The molecule has 1 aromatic heterocycles. The third-order valence-electron chi connectivity index (χ3n) is 2.72. The average molecular weight is 314 g/mol. The van der Waals surface area contributed by atoms with Crippen molar-refractivity contribution in [3.05, 3.63) is 54.6 Å². The van der Waals surface area contributed by atoms with Gasteiger partial charge in [-0.25, -0.2) is 4.98 Å². The lowest BCUT2D eigenvalue weighted by atomic mass is 10.2. The fourth-order valence-electron chi connectivity index (χ4n) is 1.83. The smallest absolute Gasteiger partial charge is 0.336 e. The highest BCUT2D eigenvalue weighted by molar-refractivity contribution is 8.14. The molecular formula is C14H13F3N2OS. The zero-order valence-electron chi connectivity index (χ0n) is 11.0. The number of hydrogen-bond donors (Lipinski definition) is 0. The summed E-state index contributed by atoms with van der Waals surface area (Å²) in [6.45, 7) is 0.0861. The number of thioether (sulfide) groups is 1. The van der Waals surface area contributed by atoms with E-state index in [4.69, 9.17) is 0 Å². The summed E-state index contributed by atoms with van der Waals surface area (Å²) in [6, 6.07) is 8.30. The van der Waals surface area contributed by atoms with Crippen molar-refractivity contribution < 1.29 is 18.0 Å². The summed E-state index contributed by atoms with van der Waals surface area (Å²) in [5.41, 5.74) is 0.403. The number of rotatable bonds is 5. The number of hydrogen-bond acceptors (Lipinski definition) is 3. The van der Waals surface area contributed by atoms with Gasteiger partial charge < -0.3 is 4.57 Å². The molecule has 0 aliphatic carbocycles. The third-order valence-corrected chi connectivity index (χ3v) is 3.81. The first-order valence-corrected chi connectivity index (χ1v) is 7.10. The first kappa shape index (κ1) is 15.6. The molecule has 0 saturated carbocycles. The molecule has 0 amide bonds. The Hall–Kier alpha value is -1.76. The van der Waals surface area contributed by atoms with Crippen LogP contribution in [-0.2, 0) is 6.54 Å². The number of carbonyl (C=O) groups excluding carboxylic acids is 1. The lowest BCUT2D eigenvalue weighted by Crippen LogP contribution is -2.22. The molecule has 0 N–H and O–H groups in total. The van der Waals surface area contributed by atoms with Crippen LogP contribution in [0.3, 0.4) is 0 Å². The maximum atomic E-state index is 12.6. The van der Waals surface area contributed by atoms with E-state index >= 15 is 0 Å². The van der Waals surface area contributed by atoms with Crippen LogP contribution in [0, 0.1) is 0 Å². The van der Waals surface area contributed by atoms with Crippen molar-refractivity contribution in [1.82, 2.24) is 9.55 Å². The van der Waals surface area contributed by atoms with Crippen LogP contribution in [0.25, 0.3) is 0 Å². The standard InChI is InChI=1S/C14H13F3N2OS/c15-14(16,17)8-12(9-19-7-6-18-10-19)21-13(20)11-4-2-1-3-5-11/h1-7,10,12H,8-9H2. The molecule has 2 rings (SSSR count). The molecule has 1 atom stereocenters. The Labute approximate surface area is 124 Å². The van der Waals surface area contributed by atoms with Gasteiger partial charge in [0.05, 0.1) is 12.7 Å². The highest BCUT2D eigenvalue weighted by Gasteiger charge is 2.33. The van der Waals surface area contributed by atoms with Crippen molar-refractivity contribution in [2.75, 3.05) is 0 Å². The van der Waals surface area contributed by atoms with Crippen LogP contribution in [0.5, 0.6) is 0 Å². The van der Waals surface area contributed by atoms with Crippen LogP contribution in [-0.4, -0.2) is 26.1 Å². The summed E-state index contributed by atoms with van der Waals surface area (Å²) in [7, 11) is 0. The van der Waals surface area contributed by atoms with E-state index in [1.165, 1.54) is 12.5 Å². The normalized spacial score (nSPS) is 13.1. The lowest BCUT2D eigenvalue weighted by molar-refractivity contribution is -0.134. The van der Waals surface area contributed by atoms with Gasteiger partial charge in [-0.2, -0.15) is 13.2 Å². The highest BCUT2D eigenvalue weighted by atomic mass is 32.2. The zero-order chi connectivity index (χ0) is 15.3. The van der Waals surface area contributed by atoms with Gasteiger partial charge >= 0.3 is 6.18 Å². The monoisotopic (exact) mass is 314 g/mol. The predicted molar refractivity (Wildman–Crippen MR) is 75.1 cm³/mol. The molecule has 0 saturated heterocycles. The SMILES string of the molecule is O=C(SC(Cn1ccnc1)CC(F)(F)F)c1ccccc1. The summed E-state index contributed by atoms with van der Waals surface area (Å²) in [5.74, 6) is 0. The molecule has 1 unspecified atom stereocenters. The Morgan fingerprint density at radius 2 is 2.00 bits per heavy atom. The first-order chi connectivity index (χ1) is 9.94. The predicted octanol–water partition coefficient (Wildman–Crippen LogP) is 3.78. The van der Waals surface area contributed by atoms with Crippen molar-refractivity contribution in [3.63, 3.8) is 0 Å². The molecule has 0 radical (unpaired) electrons. The van der Waals surface area contributed by atoms with Gasteiger partial charge in [-0.3, -0.25) is 4.79 Å². The maximum absolute atomic E-state index is 12.6. The number of nitrogens with zero attached hydrogens (tertiary/aromatic N) is 2. The van der Waals surface area contributed by atoms with Gasteiger partial charge in [-0.05, 0) is 0 Å². The Kier molecular flexibility index (Phi) is 5.06. The summed E-state index contributed by atoms with van der Waals surface area (Å²) in [5, 5.41) is -1.24. The fourth-order valence-corrected chi connectivity index (χ4v) is 2.92. The second-order valence-corrected chi connectivity index (χ2v) is 5.75. The average Bonchev–Trinajstić information content (AvgIpc) is 2.90. The van der Waals surface area contributed by atoms with E-state index in [1.54, 1.807) is 41.1 Å². The first-order valence-electron chi connectivity index (χ1n) is 6.22. The fraction of sp³-hybridized carbons (Fsp3) is 0.286. The van der Waals surface area contributed by atoms with Crippen molar-refractivity contribution in [2.24, 2.45) is 0 Å². The summed E-state index contributed by atoms with van der Waals surface area (Å²) < 4.78 is 39.5. The van der Waals surface area contributed by atoms with Gasteiger partial charge in [-0.15, -0.1) is 0 Å². The van der Waals surface area contributed by atoms with Gasteiger partial charge in [0, 0.05) is 29.8 Å². The van der Waals surface area contributed by atoms with Crippen molar-refractivity contribution >= 4 is 16.9 Å². The minimum atomic E-state index is -4.31. The van der Waals surface area contributed by atoms with Crippen LogP contribution in [0.4, 0.5) is 13.2 Å². The summed E-state index contributed by atoms with van der Waals surface area (Å²) in [6.07, 6.45) is -0.814. The van der Waals surface area contributed by atoms with Crippen molar-refractivity contribution in [3.8, 4) is 0 Å². The largest absolute Gasteiger partial charge is 0.390 e. The number of imidazole rings is 1. The minimum Gasteiger partial charge on any atom is -0.336 e. The Balaban J connectivity index is 2.06. The molecule has 0 bridgehead atoms. The van der Waals surface area contributed by atoms with Gasteiger partial charge in [0.25, 0.3) is 0 Å². The topological polar surface area (TPSA) is 34.9 Å². The molecule has 1 heterocycles. The number of carbonyl (C=O) groups is 1. The van der Waals surface area contributed by atoms with E-state index in [-0.39, 0.29) is 11.7 Å². The molecule has 0 aliphatic rings. The van der Waals surface area contributed by atoms with E-state index < -0.39 is 17.8 Å². The van der Waals surface area contributed by atoms with Gasteiger partial charge in [-0.1, -0.05) is 42.1 Å². The van der Waals surface area contributed by atoms with Gasteiger partial charge in [0.2, 0.25) is 5.12 Å². The molecule has 112 valence electrons. The Bertz CT molecular complexity index is 570. The zero-order valence-corrected chi connectivity index (χ0v) is 11.8. The number of aromatic nitrogens is 2. The Morgan fingerprint density at radius 3 is 2.57 bits per heavy atom. The minimum absolute atomic E-state index is 0.0861. The number of benzene rings is 1. The molecule has 0 spiro atoms. The molecule has 0 fully saturated rings. The second kappa shape index (κ2) is 6.80. The molecule has 2 aromatic rings. The van der Waals surface area contributed by atoms with Crippen LogP contribution in [0.15, 0.2) is 49.1 Å². The van der Waals surface area contributed by atoms with Crippen molar-refractivity contribution in [1.29, 1.82) is 0 Å². The van der Waals surface area contributed by atoms with E-state index in [0.29, 0.717) is 17.3 Å². The van der Waals surface area contributed by atoms with Gasteiger partial charge in [0.15, 0.2) is 0 Å². The summed E-state index contributed by atoms with van der Waals surface area (Å²) in [4.78, 5) is 15.8. The second-order valence-electron chi connectivity index (χ2n) is 4.47. The van der Waals surface area contributed by atoms with Crippen LogP contribution in [0.1, 0.15) is 16.8 Å². The van der Waals surface area contributed by atoms with E-state index in [0.717, 1.165) is 0 Å². The van der Waals surface area contributed by atoms with E-state index in [1.807, 2.05) is 0 Å². The van der Waals surface area contributed by atoms with Crippen LogP contribution >= 0.6 is 11.8 Å². The maximum Gasteiger partial charge on any atom is 0.390 e. The number of alkyl halides is 3. The molecule has 21 heavy (non-hydrogen) atoms. The van der Waals surface area contributed by atoms with Crippen LogP contribution in [0.2, 0.25) is 0 Å². The molecule has 3 nitrogen and oxygen atoms in total. The molecule has 7 heteroatoms. The quantitative estimate of drug-likeness (QED) is 0.842. The summed E-state index contributed by atoms with van der Waals surface area (Å²) >= 11 is 0.715. The van der Waals surface area contributed by atoms with Gasteiger partial charge in [0.1, 0.15) is 0 Å². The molecule has 1 aromatic carbocycles. The van der Waals surface area contributed by atoms with Crippen LogP contribution < -0.4 is 0 Å². The van der Waals surface area contributed by atoms with E-state index in [2.05, 4.69) is 4.98 Å². The van der Waals surface area contributed by atoms with E-state index in [9.17, 15) is 18.0 Å². The number of halogens is 3. The lowest BCUT2D eigenvalue weighted by Gasteiger charge is -2.18. The highest BCUT2D eigenvalue weighted by Crippen LogP contribution is 2.30. The molecule has 0 aliphatic heterocycles. The van der Waals surface area contributed by atoms with Crippen molar-refractivity contribution in [2.45, 2.75) is 24.4 Å². The molecular weight excluding hydrogens is 301 g/mol.